The number of halogens is 2. The van der Waals surface area contributed by atoms with Crippen LogP contribution in [0.3, 0.4) is 0 Å². The van der Waals surface area contributed by atoms with Crippen molar-refractivity contribution in [2.24, 2.45) is 5.92 Å². The second-order valence-corrected chi connectivity index (χ2v) is 8.78. The Morgan fingerprint density at radius 2 is 2.00 bits per heavy atom. The zero-order chi connectivity index (χ0) is 17.2. The van der Waals surface area contributed by atoms with Gasteiger partial charge in [0.05, 0.1) is 11.0 Å². The lowest BCUT2D eigenvalue weighted by atomic mass is 9.99. The number of hydrogen-bond acceptors (Lipinski definition) is 4. The van der Waals surface area contributed by atoms with E-state index in [-0.39, 0.29) is 16.0 Å². The Kier molecular flexibility index (Phi) is 5.77. The third-order valence-corrected chi connectivity index (χ3v) is 6.72. The largest absolute Gasteiger partial charge is 0.377 e. The van der Waals surface area contributed by atoms with E-state index in [4.69, 9.17) is 16.3 Å². The monoisotopic (exact) mass is 376 g/mol. The van der Waals surface area contributed by atoms with Crippen LogP contribution in [0.5, 0.6) is 0 Å². The van der Waals surface area contributed by atoms with E-state index in [0.29, 0.717) is 25.6 Å². The minimum atomic E-state index is -3.70. The van der Waals surface area contributed by atoms with Crippen LogP contribution in [0, 0.1) is 11.7 Å². The second-order valence-electron chi connectivity index (χ2n) is 6.40. The lowest BCUT2D eigenvalue weighted by Gasteiger charge is -2.31. The topological polar surface area (TPSA) is 58.6 Å². The van der Waals surface area contributed by atoms with Gasteiger partial charge >= 0.3 is 0 Å². The first-order valence-electron chi connectivity index (χ1n) is 8.24. The molecule has 0 saturated carbocycles. The molecule has 1 unspecified atom stereocenters. The highest BCUT2D eigenvalue weighted by atomic mass is 35.5. The minimum absolute atomic E-state index is 0.0840. The van der Waals surface area contributed by atoms with Crippen LogP contribution in [0.1, 0.15) is 19.3 Å². The second kappa shape index (κ2) is 7.66. The Bertz CT molecular complexity index is 652. The summed E-state index contributed by atoms with van der Waals surface area (Å²) < 4.78 is 46.0. The summed E-state index contributed by atoms with van der Waals surface area (Å²) in [6, 6.07) is 3.41. The Balaban J connectivity index is 1.56. The highest BCUT2D eigenvalue weighted by molar-refractivity contribution is 7.89. The first-order chi connectivity index (χ1) is 11.4. The minimum Gasteiger partial charge on any atom is -0.377 e. The van der Waals surface area contributed by atoms with Crippen molar-refractivity contribution in [2.45, 2.75) is 30.3 Å². The van der Waals surface area contributed by atoms with Gasteiger partial charge in [0.2, 0.25) is 10.0 Å². The molecule has 0 spiro atoms. The molecule has 0 aromatic heterocycles. The average Bonchev–Trinajstić information content (AvgIpc) is 3.06. The van der Waals surface area contributed by atoms with Gasteiger partial charge in [0, 0.05) is 31.3 Å². The molecule has 1 N–H and O–H groups in total. The molecule has 134 valence electrons. The Morgan fingerprint density at radius 3 is 2.62 bits per heavy atom. The summed E-state index contributed by atoms with van der Waals surface area (Å²) in [6.45, 7) is 3.41. The van der Waals surface area contributed by atoms with E-state index in [2.05, 4.69) is 5.32 Å². The Hall–Kier alpha value is -0.730. The molecule has 0 radical (unpaired) electrons. The van der Waals surface area contributed by atoms with Crippen LogP contribution in [0.25, 0.3) is 0 Å². The molecule has 1 aromatic rings. The molecule has 8 heteroatoms. The SMILES string of the molecule is O=S(=O)(c1cc(F)cc(Cl)c1)N1CCC(COC2CCNC2)CC1. The van der Waals surface area contributed by atoms with Crippen LogP contribution in [0.15, 0.2) is 23.1 Å². The van der Waals surface area contributed by atoms with Gasteiger partial charge in [-0.15, -0.1) is 0 Å². The van der Waals surface area contributed by atoms with E-state index < -0.39 is 15.8 Å². The molecule has 24 heavy (non-hydrogen) atoms. The first-order valence-corrected chi connectivity index (χ1v) is 10.1. The zero-order valence-corrected chi connectivity index (χ0v) is 15.0. The third kappa shape index (κ3) is 4.26. The van der Waals surface area contributed by atoms with Crippen molar-refractivity contribution in [1.29, 1.82) is 0 Å². The van der Waals surface area contributed by atoms with Gasteiger partial charge in [-0.1, -0.05) is 11.6 Å². The van der Waals surface area contributed by atoms with Crippen molar-refractivity contribution >= 4 is 21.6 Å². The van der Waals surface area contributed by atoms with E-state index >= 15 is 0 Å². The van der Waals surface area contributed by atoms with Crippen molar-refractivity contribution in [3.8, 4) is 0 Å². The number of piperidine rings is 1. The predicted octanol–water partition coefficient (Wildman–Crippen LogP) is 2.26. The van der Waals surface area contributed by atoms with Gasteiger partial charge in [-0.05, 0) is 49.9 Å². The molecule has 2 fully saturated rings. The van der Waals surface area contributed by atoms with Crippen LogP contribution < -0.4 is 5.32 Å². The number of nitrogens with one attached hydrogen (secondary N) is 1. The number of nitrogens with zero attached hydrogens (tertiary/aromatic N) is 1. The van der Waals surface area contributed by atoms with Crippen LogP contribution in [0.2, 0.25) is 5.02 Å². The number of rotatable bonds is 5. The fourth-order valence-electron chi connectivity index (χ4n) is 3.19. The first kappa shape index (κ1) is 18.1. The molecule has 3 rings (SSSR count). The maximum absolute atomic E-state index is 13.4. The number of sulfonamides is 1. The maximum Gasteiger partial charge on any atom is 0.243 e. The summed E-state index contributed by atoms with van der Waals surface area (Å²) >= 11 is 5.78. The van der Waals surface area contributed by atoms with Gasteiger partial charge < -0.3 is 10.1 Å². The van der Waals surface area contributed by atoms with Crippen LogP contribution >= 0.6 is 11.6 Å². The Labute approximate surface area is 147 Å². The fourth-order valence-corrected chi connectivity index (χ4v) is 5.00. The van der Waals surface area contributed by atoms with Crippen molar-refractivity contribution in [3.05, 3.63) is 29.0 Å². The lowest BCUT2D eigenvalue weighted by molar-refractivity contribution is 0.0290. The zero-order valence-electron chi connectivity index (χ0n) is 13.4. The molecule has 2 aliphatic rings. The van der Waals surface area contributed by atoms with Gasteiger partial charge in [-0.3, -0.25) is 0 Å². The molecular formula is C16H22ClFN2O3S. The van der Waals surface area contributed by atoms with E-state index in [0.717, 1.165) is 44.5 Å². The standard InChI is InChI=1S/C16H22ClFN2O3S/c17-13-7-14(18)9-16(8-13)24(21,22)20-5-2-12(3-6-20)11-23-15-1-4-19-10-15/h7-9,12,15,19H,1-6,10-11H2. The highest BCUT2D eigenvalue weighted by Crippen LogP contribution is 2.26. The molecule has 2 saturated heterocycles. The van der Waals surface area contributed by atoms with Gasteiger partial charge in [-0.2, -0.15) is 4.31 Å². The number of benzene rings is 1. The van der Waals surface area contributed by atoms with E-state index in [9.17, 15) is 12.8 Å². The number of hydrogen-bond donors (Lipinski definition) is 1. The van der Waals surface area contributed by atoms with Gasteiger partial charge in [0.15, 0.2) is 0 Å². The smallest absolute Gasteiger partial charge is 0.243 e. The van der Waals surface area contributed by atoms with E-state index in [1.165, 1.54) is 10.4 Å². The summed E-state index contributed by atoms with van der Waals surface area (Å²) in [6.07, 6.45) is 2.82. The quantitative estimate of drug-likeness (QED) is 0.856. The summed E-state index contributed by atoms with van der Waals surface area (Å²) in [5.41, 5.74) is 0. The summed E-state index contributed by atoms with van der Waals surface area (Å²) in [5, 5.41) is 3.35. The van der Waals surface area contributed by atoms with Gasteiger partial charge in [-0.25, -0.2) is 12.8 Å². The average molecular weight is 377 g/mol. The summed E-state index contributed by atoms with van der Waals surface area (Å²) in [4.78, 5) is -0.0840. The fraction of sp³-hybridized carbons (Fsp3) is 0.625. The van der Waals surface area contributed by atoms with Gasteiger partial charge in [0.25, 0.3) is 0 Å². The Morgan fingerprint density at radius 1 is 1.25 bits per heavy atom. The molecular weight excluding hydrogens is 355 g/mol. The molecule has 0 aliphatic carbocycles. The highest BCUT2D eigenvalue weighted by Gasteiger charge is 2.30. The van der Waals surface area contributed by atoms with Crippen LogP contribution in [0.4, 0.5) is 4.39 Å². The molecule has 5 nitrogen and oxygen atoms in total. The van der Waals surface area contributed by atoms with Crippen LogP contribution in [-0.2, 0) is 14.8 Å². The molecule has 0 amide bonds. The van der Waals surface area contributed by atoms with Crippen molar-refractivity contribution in [2.75, 3.05) is 32.8 Å². The molecule has 0 bridgehead atoms. The van der Waals surface area contributed by atoms with Crippen molar-refractivity contribution in [1.82, 2.24) is 9.62 Å². The molecule has 2 aliphatic heterocycles. The van der Waals surface area contributed by atoms with Crippen LogP contribution in [-0.4, -0.2) is 51.6 Å². The molecule has 1 aromatic carbocycles. The number of ether oxygens (including phenoxy) is 1. The van der Waals surface area contributed by atoms with E-state index in [1.54, 1.807) is 0 Å². The van der Waals surface area contributed by atoms with Gasteiger partial charge in [0.1, 0.15) is 5.82 Å². The maximum atomic E-state index is 13.4. The van der Waals surface area contributed by atoms with Crippen molar-refractivity contribution < 1.29 is 17.5 Å². The predicted molar refractivity (Wildman–Crippen MR) is 90.1 cm³/mol. The molecule has 1 atom stereocenters. The van der Waals surface area contributed by atoms with Crippen molar-refractivity contribution in [3.63, 3.8) is 0 Å². The molecule has 2 heterocycles. The summed E-state index contributed by atoms with van der Waals surface area (Å²) in [7, 11) is -3.70. The lowest BCUT2D eigenvalue weighted by Crippen LogP contribution is -2.39. The third-order valence-electron chi connectivity index (χ3n) is 4.63. The summed E-state index contributed by atoms with van der Waals surface area (Å²) in [5.74, 6) is -0.275. The van der Waals surface area contributed by atoms with E-state index in [1.807, 2.05) is 0 Å². The normalized spacial score (nSPS) is 23.7.